The maximum absolute atomic E-state index is 12.8. The summed E-state index contributed by atoms with van der Waals surface area (Å²) in [5.74, 6) is -2.61. The van der Waals surface area contributed by atoms with Crippen molar-refractivity contribution in [1.29, 1.82) is 0 Å². The molecule has 0 N–H and O–H groups in total. The maximum Gasteiger partial charge on any atom is 0.302 e. The van der Waals surface area contributed by atoms with Gasteiger partial charge in [0.15, 0.2) is 8.32 Å². The molecule has 8 heteroatoms. The summed E-state index contributed by atoms with van der Waals surface area (Å²) in [6.07, 6.45) is 0.609. The molecule has 0 saturated heterocycles. The number of rotatable bonds is 11. The van der Waals surface area contributed by atoms with E-state index in [2.05, 4.69) is 20.8 Å². The van der Waals surface area contributed by atoms with Crippen LogP contribution in [0.25, 0.3) is 0 Å². The monoisotopic (exact) mass is 426 g/mol. The molecule has 0 aliphatic heterocycles. The minimum absolute atomic E-state index is 0.109. The molecule has 2 aliphatic carbocycles. The molecule has 2 fully saturated rings. The van der Waals surface area contributed by atoms with Gasteiger partial charge in [0.1, 0.15) is 0 Å². The summed E-state index contributed by atoms with van der Waals surface area (Å²) >= 11 is 0. The van der Waals surface area contributed by atoms with Gasteiger partial charge in [-0.25, -0.2) is 0 Å². The summed E-state index contributed by atoms with van der Waals surface area (Å²) in [6, 6.07) is 2.82. The van der Waals surface area contributed by atoms with Gasteiger partial charge >= 0.3 is 11.9 Å². The average Bonchev–Trinajstić information content (AvgIpc) is 3.08. The van der Waals surface area contributed by atoms with Gasteiger partial charge in [0.2, 0.25) is 11.6 Å². The van der Waals surface area contributed by atoms with Crippen LogP contribution in [0.5, 0.6) is 0 Å². The van der Waals surface area contributed by atoms with E-state index in [9.17, 15) is 19.2 Å². The van der Waals surface area contributed by atoms with Crippen LogP contribution in [-0.4, -0.2) is 51.1 Å². The molecule has 1 unspecified atom stereocenters. The quantitative estimate of drug-likeness (QED) is 0.285. The Morgan fingerprint density at radius 3 is 1.48 bits per heavy atom. The Morgan fingerprint density at radius 1 is 0.793 bits per heavy atom. The third-order valence-electron chi connectivity index (χ3n) is 6.86. The normalized spacial score (nSPS) is 28.7. The van der Waals surface area contributed by atoms with Gasteiger partial charge in [0, 0.05) is 13.8 Å². The molecule has 2 aliphatic rings. The Bertz CT molecular complexity index is 591. The van der Waals surface area contributed by atoms with E-state index in [-0.39, 0.29) is 48.6 Å². The highest BCUT2D eigenvalue weighted by Gasteiger charge is 2.64. The summed E-state index contributed by atoms with van der Waals surface area (Å²) in [4.78, 5) is 47.9. The third kappa shape index (κ3) is 4.96. The third-order valence-corrected chi connectivity index (χ3v) is 11.5. The number of ether oxygens (including phenoxy) is 2. The molecule has 2 bridgehead atoms. The van der Waals surface area contributed by atoms with Crippen molar-refractivity contribution in [2.45, 2.75) is 71.7 Å². The first-order valence-electron chi connectivity index (χ1n) is 10.7. The van der Waals surface area contributed by atoms with Crippen LogP contribution in [0.4, 0.5) is 0 Å². The van der Waals surface area contributed by atoms with Crippen molar-refractivity contribution in [1.82, 2.24) is 0 Å². The van der Waals surface area contributed by atoms with E-state index in [0.29, 0.717) is 12.8 Å². The first kappa shape index (κ1) is 23.7. The van der Waals surface area contributed by atoms with Crippen molar-refractivity contribution in [3.05, 3.63) is 0 Å². The summed E-state index contributed by atoms with van der Waals surface area (Å²) in [5, 5.41) is 0. The molecule has 29 heavy (non-hydrogen) atoms. The lowest BCUT2D eigenvalue weighted by molar-refractivity contribution is -0.145. The van der Waals surface area contributed by atoms with Gasteiger partial charge in [-0.15, -0.1) is 0 Å². The fourth-order valence-corrected chi connectivity index (χ4v) is 8.03. The Labute approximate surface area is 174 Å². The molecule has 2 saturated carbocycles. The molecule has 0 aromatic carbocycles. The molecule has 0 amide bonds. The van der Waals surface area contributed by atoms with Gasteiger partial charge in [-0.2, -0.15) is 0 Å². The van der Waals surface area contributed by atoms with Crippen molar-refractivity contribution in [2.75, 3.05) is 13.2 Å². The number of fused-ring (bicyclic) bond motifs is 2. The van der Waals surface area contributed by atoms with Gasteiger partial charge in [0.25, 0.3) is 0 Å². The molecule has 5 atom stereocenters. The predicted octanol–water partition coefficient (Wildman–Crippen LogP) is 2.91. The molecular weight excluding hydrogens is 392 g/mol. The molecule has 0 radical (unpaired) electrons. The van der Waals surface area contributed by atoms with Crippen LogP contribution in [0, 0.1) is 23.7 Å². The molecule has 164 valence electrons. The maximum atomic E-state index is 12.8. The topological polar surface area (TPSA) is 96.0 Å². The van der Waals surface area contributed by atoms with E-state index in [1.54, 1.807) is 0 Å². The van der Waals surface area contributed by atoms with E-state index in [4.69, 9.17) is 13.9 Å². The fraction of sp³-hybridized carbons (Fsp3) is 0.810. The van der Waals surface area contributed by atoms with Crippen molar-refractivity contribution >= 4 is 31.8 Å². The Hall–Kier alpha value is -1.54. The van der Waals surface area contributed by atoms with E-state index < -0.39 is 26.3 Å². The molecule has 0 aromatic heterocycles. The highest BCUT2D eigenvalue weighted by atomic mass is 28.4. The molecule has 0 aromatic rings. The number of ketones is 2. The number of Topliss-reactive ketones (excluding diaryl/α,β-unsaturated/α-hetero) is 2. The van der Waals surface area contributed by atoms with Crippen molar-refractivity contribution in [3.8, 4) is 0 Å². The number of esters is 2. The lowest BCUT2D eigenvalue weighted by atomic mass is 9.75. The SMILES string of the molecule is CC[Si](CC)(CC)OC1[C@H]2C(=O)C(=O)[C@@H]1[C@H](CCOC(C)=O)[C@H]2CCOC(C)=O. The minimum atomic E-state index is -2.02. The lowest BCUT2D eigenvalue weighted by Crippen LogP contribution is -2.42. The standard InChI is InChI=1S/C21H34O7Si/c1-6-29(7-2,8-3)28-21-17-15(9-11-26-13(4)22)16(10-12-27-14(5)23)18(21)20(25)19(17)24/h15-18,21H,6-12H2,1-5H3/t15-,16-,17-,18+,21?/m1/s1. The van der Waals surface area contributed by atoms with E-state index in [0.717, 1.165) is 18.1 Å². The zero-order valence-electron chi connectivity index (χ0n) is 18.2. The summed E-state index contributed by atoms with van der Waals surface area (Å²) in [5.41, 5.74) is 0. The van der Waals surface area contributed by atoms with Crippen LogP contribution in [0.15, 0.2) is 0 Å². The van der Waals surface area contributed by atoms with Crippen LogP contribution in [0.3, 0.4) is 0 Å². The summed E-state index contributed by atoms with van der Waals surface area (Å²) in [6.45, 7) is 9.48. The molecule has 0 spiro atoms. The molecule has 2 rings (SSSR count). The summed E-state index contributed by atoms with van der Waals surface area (Å²) < 4.78 is 16.9. The van der Waals surface area contributed by atoms with Gasteiger partial charge in [-0.1, -0.05) is 20.8 Å². The van der Waals surface area contributed by atoms with Crippen LogP contribution in [0.1, 0.15) is 47.5 Å². The fourth-order valence-electron chi connectivity index (χ4n) is 5.16. The first-order valence-corrected chi connectivity index (χ1v) is 13.3. The largest absolute Gasteiger partial charge is 0.466 e. The van der Waals surface area contributed by atoms with Crippen LogP contribution in [-0.2, 0) is 33.1 Å². The average molecular weight is 427 g/mol. The van der Waals surface area contributed by atoms with Crippen LogP contribution < -0.4 is 0 Å². The van der Waals surface area contributed by atoms with E-state index >= 15 is 0 Å². The van der Waals surface area contributed by atoms with Crippen molar-refractivity contribution in [2.24, 2.45) is 23.7 Å². The second-order valence-corrected chi connectivity index (χ2v) is 12.9. The molecule has 7 nitrogen and oxygen atoms in total. The Kier molecular flexibility index (Phi) is 8.16. The summed E-state index contributed by atoms with van der Waals surface area (Å²) in [7, 11) is -2.02. The minimum Gasteiger partial charge on any atom is -0.466 e. The lowest BCUT2D eigenvalue weighted by Gasteiger charge is -2.33. The zero-order valence-corrected chi connectivity index (χ0v) is 19.2. The number of carbonyl (C=O) groups excluding carboxylic acids is 4. The Balaban J connectivity index is 2.27. The highest BCUT2D eigenvalue weighted by Crippen LogP contribution is 2.54. The number of carbonyl (C=O) groups is 4. The first-order chi connectivity index (χ1) is 13.7. The number of hydrogen-bond donors (Lipinski definition) is 0. The Morgan fingerprint density at radius 2 is 1.17 bits per heavy atom. The molecule has 0 heterocycles. The van der Waals surface area contributed by atoms with Gasteiger partial charge in [-0.05, 0) is 42.8 Å². The predicted molar refractivity (Wildman–Crippen MR) is 109 cm³/mol. The van der Waals surface area contributed by atoms with Gasteiger partial charge in [0.05, 0.1) is 31.2 Å². The van der Waals surface area contributed by atoms with E-state index in [1.807, 2.05) is 0 Å². The second kappa shape index (κ2) is 9.98. The van der Waals surface area contributed by atoms with E-state index in [1.165, 1.54) is 13.8 Å². The number of hydrogen-bond acceptors (Lipinski definition) is 7. The zero-order chi connectivity index (χ0) is 21.8. The van der Waals surface area contributed by atoms with Gasteiger partial charge in [-0.3, -0.25) is 19.2 Å². The van der Waals surface area contributed by atoms with Crippen LogP contribution in [0.2, 0.25) is 18.1 Å². The van der Waals surface area contributed by atoms with Crippen LogP contribution >= 0.6 is 0 Å². The van der Waals surface area contributed by atoms with Crippen molar-refractivity contribution < 1.29 is 33.1 Å². The van der Waals surface area contributed by atoms with Crippen molar-refractivity contribution in [3.63, 3.8) is 0 Å². The molecular formula is C21H34O7Si. The second-order valence-electron chi connectivity index (χ2n) is 8.19. The van der Waals surface area contributed by atoms with Gasteiger partial charge < -0.3 is 13.9 Å². The highest BCUT2D eigenvalue weighted by molar-refractivity contribution is 6.73. The smallest absolute Gasteiger partial charge is 0.302 e.